The number of benzene rings is 5. The Balaban J connectivity index is 1.48. The van der Waals surface area contributed by atoms with E-state index in [2.05, 4.69) is 114 Å². The summed E-state index contributed by atoms with van der Waals surface area (Å²) in [5, 5.41) is 2.29. The van der Waals surface area contributed by atoms with Crippen LogP contribution in [0.4, 0.5) is 0 Å². The van der Waals surface area contributed by atoms with E-state index in [4.69, 9.17) is 9.97 Å². The van der Waals surface area contributed by atoms with Gasteiger partial charge in [-0.2, -0.15) is 0 Å². The van der Waals surface area contributed by atoms with Crippen LogP contribution in [0, 0.1) is 0 Å². The molecule has 3 heteroatoms. The molecule has 0 saturated carbocycles. The van der Waals surface area contributed by atoms with Gasteiger partial charge in [-0.3, -0.25) is 4.57 Å². The first-order valence-corrected chi connectivity index (χ1v) is 12.5. The molecule has 0 radical (unpaired) electrons. The standard InChI is InChI=1S/C34H21N3/c1-2-11-22(12-3-1)33-28-17-8-9-19-30(28)35-34(36-33)37-21-29-26-16-7-5-14-24(26)23-13-4-6-15-25(23)27-18-10-20-31(37)32(27)29/h1-21H. The molecule has 3 nitrogen and oxygen atoms in total. The number of rotatable bonds is 2. The fourth-order valence-electron chi connectivity index (χ4n) is 5.78. The van der Waals surface area contributed by atoms with Crippen molar-refractivity contribution in [2.75, 3.05) is 0 Å². The smallest absolute Gasteiger partial charge is 0.235 e. The first-order chi connectivity index (χ1) is 18.4. The lowest BCUT2D eigenvalue weighted by Gasteiger charge is -2.12. The van der Waals surface area contributed by atoms with E-state index in [1.807, 2.05) is 18.2 Å². The van der Waals surface area contributed by atoms with Gasteiger partial charge in [0.1, 0.15) is 0 Å². The van der Waals surface area contributed by atoms with Gasteiger partial charge in [0.05, 0.1) is 16.7 Å². The summed E-state index contributed by atoms with van der Waals surface area (Å²) in [6.45, 7) is 0. The average molecular weight is 472 g/mol. The summed E-state index contributed by atoms with van der Waals surface area (Å²) in [5.74, 6) is 0.678. The summed E-state index contributed by atoms with van der Waals surface area (Å²) in [6.07, 6.45) is 2.22. The minimum atomic E-state index is 0.678. The second-order valence-electron chi connectivity index (χ2n) is 9.46. The van der Waals surface area contributed by atoms with E-state index in [-0.39, 0.29) is 0 Å². The van der Waals surface area contributed by atoms with Gasteiger partial charge in [0, 0.05) is 28.1 Å². The van der Waals surface area contributed by atoms with Crippen molar-refractivity contribution in [1.29, 1.82) is 0 Å². The first kappa shape index (κ1) is 20.2. The van der Waals surface area contributed by atoms with Crippen molar-refractivity contribution in [2.45, 2.75) is 0 Å². The topological polar surface area (TPSA) is 30.7 Å². The summed E-state index contributed by atoms with van der Waals surface area (Å²) in [6, 6.07) is 42.6. The van der Waals surface area contributed by atoms with E-state index in [1.54, 1.807) is 0 Å². The van der Waals surface area contributed by atoms with Gasteiger partial charge < -0.3 is 0 Å². The largest absolute Gasteiger partial charge is 0.285 e. The monoisotopic (exact) mass is 471 g/mol. The molecule has 0 bridgehead atoms. The van der Waals surface area contributed by atoms with E-state index in [0.717, 1.165) is 27.7 Å². The number of para-hydroxylation sites is 1. The fraction of sp³-hybridized carbons (Fsp3) is 0. The Morgan fingerprint density at radius 2 is 1.05 bits per heavy atom. The Morgan fingerprint density at radius 1 is 0.459 bits per heavy atom. The van der Waals surface area contributed by atoms with Gasteiger partial charge in [-0.05, 0) is 39.9 Å². The highest BCUT2D eigenvalue weighted by Gasteiger charge is 2.24. The maximum atomic E-state index is 5.16. The number of aromatic nitrogens is 3. The average Bonchev–Trinajstić information content (AvgIpc) is 3.32. The Kier molecular flexibility index (Phi) is 4.23. The molecule has 0 saturated heterocycles. The normalized spacial score (nSPS) is 11.8. The van der Waals surface area contributed by atoms with E-state index >= 15 is 0 Å². The van der Waals surface area contributed by atoms with Crippen molar-refractivity contribution >= 4 is 21.8 Å². The zero-order valence-electron chi connectivity index (χ0n) is 20.0. The molecule has 2 heterocycles. The summed E-state index contributed by atoms with van der Waals surface area (Å²) in [7, 11) is 0. The van der Waals surface area contributed by atoms with Crippen molar-refractivity contribution in [3.8, 4) is 50.6 Å². The van der Waals surface area contributed by atoms with Crippen LogP contribution in [0.2, 0.25) is 0 Å². The summed E-state index contributed by atoms with van der Waals surface area (Å²) in [4.78, 5) is 10.2. The Labute approximate surface area is 214 Å². The van der Waals surface area contributed by atoms with E-state index in [1.165, 1.54) is 38.8 Å². The molecule has 0 unspecified atom stereocenters. The predicted molar refractivity (Wildman–Crippen MR) is 152 cm³/mol. The molecular weight excluding hydrogens is 450 g/mol. The molecule has 0 atom stereocenters. The van der Waals surface area contributed by atoms with Crippen LogP contribution >= 0.6 is 0 Å². The number of hydrogen-bond acceptors (Lipinski definition) is 2. The number of hydrogen-bond donors (Lipinski definition) is 0. The van der Waals surface area contributed by atoms with Crippen molar-refractivity contribution in [1.82, 2.24) is 14.5 Å². The molecule has 1 aliphatic rings. The van der Waals surface area contributed by atoms with E-state index in [9.17, 15) is 0 Å². The van der Waals surface area contributed by atoms with Crippen LogP contribution in [0.15, 0.2) is 128 Å². The van der Waals surface area contributed by atoms with Crippen molar-refractivity contribution in [2.24, 2.45) is 0 Å². The van der Waals surface area contributed by atoms with Crippen LogP contribution in [0.1, 0.15) is 0 Å². The summed E-state index contributed by atoms with van der Waals surface area (Å²) >= 11 is 0. The molecule has 0 aliphatic heterocycles. The van der Waals surface area contributed by atoms with Crippen LogP contribution in [0.25, 0.3) is 72.4 Å². The van der Waals surface area contributed by atoms with Crippen molar-refractivity contribution < 1.29 is 0 Å². The molecule has 8 rings (SSSR count). The maximum Gasteiger partial charge on any atom is 0.235 e. The molecule has 7 aromatic rings. The summed E-state index contributed by atoms with van der Waals surface area (Å²) in [5.41, 5.74) is 11.5. The minimum absolute atomic E-state index is 0.678. The summed E-state index contributed by atoms with van der Waals surface area (Å²) < 4.78 is 2.16. The molecule has 5 aromatic carbocycles. The molecule has 172 valence electrons. The van der Waals surface area contributed by atoms with Gasteiger partial charge in [0.25, 0.3) is 0 Å². The van der Waals surface area contributed by atoms with Crippen molar-refractivity contribution in [3.63, 3.8) is 0 Å². The third kappa shape index (κ3) is 2.95. The molecule has 2 aromatic heterocycles. The lowest BCUT2D eigenvalue weighted by Crippen LogP contribution is -2.02. The van der Waals surface area contributed by atoms with Crippen LogP contribution in [-0.4, -0.2) is 14.5 Å². The molecule has 0 amide bonds. The Morgan fingerprint density at radius 3 is 1.81 bits per heavy atom. The zero-order valence-corrected chi connectivity index (χ0v) is 20.0. The van der Waals surface area contributed by atoms with Gasteiger partial charge in [0.15, 0.2) is 0 Å². The minimum Gasteiger partial charge on any atom is -0.285 e. The Bertz CT molecular complexity index is 1980. The second-order valence-corrected chi connectivity index (χ2v) is 9.46. The fourth-order valence-corrected chi connectivity index (χ4v) is 5.78. The lowest BCUT2D eigenvalue weighted by molar-refractivity contribution is 0.985. The van der Waals surface area contributed by atoms with Crippen LogP contribution in [-0.2, 0) is 0 Å². The molecule has 0 spiro atoms. The predicted octanol–water partition coefficient (Wildman–Crippen LogP) is 8.56. The highest BCUT2D eigenvalue weighted by Crippen LogP contribution is 2.48. The van der Waals surface area contributed by atoms with E-state index in [0.29, 0.717) is 5.95 Å². The molecule has 37 heavy (non-hydrogen) atoms. The third-order valence-corrected chi connectivity index (χ3v) is 7.41. The Hall–Kier alpha value is -5.02. The van der Waals surface area contributed by atoms with Gasteiger partial charge in [-0.1, -0.05) is 109 Å². The second kappa shape index (κ2) is 7.74. The zero-order chi connectivity index (χ0) is 24.3. The van der Waals surface area contributed by atoms with E-state index < -0.39 is 0 Å². The van der Waals surface area contributed by atoms with Gasteiger partial charge >= 0.3 is 0 Å². The number of fused-ring (bicyclic) bond motifs is 6. The molecule has 0 N–H and O–H groups in total. The highest BCUT2D eigenvalue weighted by atomic mass is 15.1. The SMILES string of the molecule is c1ccc(-c2nc(-n3cc4c5c(cccc53)-c3ccccc3-c3ccccc3-4)nc3ccccc23)cc1. The van der Waals surface area contributed by atoms with Gasteiger partial charge in [0.2, 0.25) is 5.95 Å². The molecule has 1 aliphatic carbocycles. The van der Waals surface area contributed by atoms with Crippen molar-refractivity contribution in [3.05, 3.63) is 128 Å². The molecule has 0 fully saturated rings. The maximum absolute atomic E-state index is 5.16. The lowest BCUT2D eigenvalue weighted by atomic mass is 9.94. The quantitative estimate of drug-likeness (QED) is 0.253. The molecular formula is C34H21N3. The van der Waals surface area contributed by atoms with Gasteiger partial charge in [-0.15, -0.1) is 0 Å². The first-order valence-electron chi connectivity index (χ1n) is 12.5. The third-order valence-electron chi connectivity index (χ3n) is 7.41. The highest BCUT2D eigenvalue weighted by molar-refractivity contribution is 6.13. The number of nitrogens with zero attached hydrogens (tertiary/aromatic N) is 3. The van der Waals surface area contributed by atoms with Gasteiger partial charge in [-0.25, -0.2) is 9.97 Å². The van der Waals surface area contributed by atoms with Crippen LogP contribution in [0.5, 0.6) is 0 Å². The van der Waals surface area contributed by atoms with Crippen LogP contribution < -0.4 is 0 Å². The van der Waals surface area contributed by atoms with Crippen LogP contribution in [0.3, 0.4) is 0 Å².